The quantitative estimate of drug-likeness (QED) is 0.133. The van der Waals surface area contributed by atoms with Gasteiger partial charge in [0.25, 0.3) is 0 Å². The second kappa shape index (κ2) is 13.0. The van der Waals surface area contributed by atoms with Crippen molar-refractivity contribution in [1.82, 2.24) is 0 Å². The smallest absolute Gasteiger partial charge is 0.142 e. The highest BCUT2D eigenvalue weighted by atomic mass is 31.2. The molecule has 0 heterocycles. The van der Waals surface area contributed by atoms with Crippen LogP contribution in [0.1, 0.15) is 5.56 Å². The second-order valence-corrected chi connectivity index (χ2v) is 10.8. The molecule has 0 saturated heterocycles. The highest BCUT2D eigenvalue weighted by Gasteiger charge is 2.45. The SMILES string of the molecule is O=C/C=C/C=C/[O-].c1ccc(C[P+](c2ccccc2)(c2ccccc2)c2ccccc2)cc1. The normalized spacial score (nSPS) is 11.2. The van der Waals surface area contributed by atoms with Gasteiger partial charge in [0.1, 0.15) is 29.5 Å². The van der Waals surface area contributed by atoms with E-state index in [4.69, 9.17) is 0 Å². The van der Waals surface area contributed by atoms with Gasteiger partial charge in [0, 0.05) is 0 Å². The van der Waals surface area contributed by atoms with E-state index in [9.17, 15) is 9.90 Å². The summed E-state index contributed by atoms with van der Waals surface area (Å²) in [5.74, 6) is 0. The molecule has 4 rings (SSSR count). The molecule has 0 atom stereocenters. The Morgan fingerprint density at radius 2 is 0.939 bits per heavy atom. The third-order valence-electron chi connectivity index (χ3n) is 5.23. The zero-order chi connectivity index (χ0) is 23.2. The lowest BCUT2D eigenvalue weighted by Gasteiger charge is -2.27. The summed E-state index contributed by atoms with van der Waals surface area (Å²) >= 11 is 0. The van der Waals surface area contributed by atoms with E-state index in [1.165, 1.54) is 39.7 Å². The van der Waals surface area contributed by atoms with E-state index in [2.05, 4.69) is 121 Å². The van der Waals surface area contributed by atoms with Crippen molar-refractivity contribution in [2.24, 2.45) is 0 Å². The van der Waals surface area contributed by atoms with Gasteiger partial charge in [0.2, 0.25) is 0 Å². The number of carbonyl (C=O) groups is 1. The lowest BCUT2D eigenvalue weighted by Crippen LogP contribution is -2.32. The number of rotatable bonds is 7. The first-order valence-electron chi connectivity index (χ1n) is 10.8. The molecule has 0 bridgehead atoms. The van der Waals surface area contributed by atoms with Crippen LogP contribution in [0, 0.1) is 0 Å². The maximum atomic E-state index is 9.46. The summed E-state index contributed by atoms with van der Waals surface area (Å²) in [5, 5.41) is 13.8. The first kappa shape index (κ1) is 23.9. The summed E-state index contributed by atoms with van der Waals surface area (Å²) in [6.07, 6.45) is 6.12. The number of carbonyl (C=O) groups excluding carboxylic acids is 1. The van der Waals surface area contributed by atoms with Crippen LogP contribution >= 0.6 is 7.26 Å². The standard InChI is InChI=1S/C25H22P.C5H6O2/c1-5-13-22(14-6-1)21-26(23-15-7-2-8-16-23,24-17-9-3-10-18-24)25-19-11-4-12-20-25;6-4-2-1-3-5-7/h1-20H,21H2;1-6H/q+1;/p-1/b;3-1+,4-2+. The van der Waals surface area contributed by atoms with E-state index in [1.807, 2.05) is 0 Å². The molecule has 2 nitrogen and oxygen atoms in total. The van der Waals surface area contributed by atoms with Gasteiger partial charge < -0.3 is 5.11 Å². The third kappa shape index (κ3) is 6.38. The zero-order valence-corrected chi connectivity index (χ0v) is 19.3. The maximum Gasteiger partial charge on any atom is 0.142 e. The molecular weight excluding hydrogens is 423 g/mol. The Hall–Kier alpha value is -3.74. The van der Waals surface area contributed by atoms with Crippen molar-refractivity contribution < 1.29 is 9.90 Å². The van der Waals surface area contributed by atoms with Crippen molar-refractivity contribution in [2.75, 3.05) is 0 Å². The molecular formula is C30H27O2P. The summed E-state index contributed by atoms with van der Waals surface area (Å²) in [7, 11) is -1.78. The van der Waals surface area contributed by atoms with E-state index in [1.54, 1.807) is 0 Å². The van der Waals surface area contributed by atoms with Gasteiger partial charge in [-0.2, -0.15) is 0 Å². The highest BCUT2D eigenvalue weighted by molar-refractivity contribution is 7.95. The topological polar surface area (TPSA) is 40.1 Å². The van der Waals surface area contributed by atoms with Crippen LogP contribution < -0.4 is 21.0 Å². The third-order valence-corrected chi connectivity index (χ3v) is 9.61. The number of benzene rings is 4. The first-order valence-corrected chi connectivity index (χ1v) is 12.8. The molecule has 3 heteroatoms. The van der Waals surface area contributed by atoms with Crippen LogP contribution in [0.15, 0.2) is 146 Å². The molecule has 0 unspecified atom stereocenters. The van der Waals surface area contributed by atoms with E-state index < -0.39 is 7.26 Å². The van der Waals surface area contributed by atoms with Gasteiger partial charge in [-0.25, -0.2) is 0 Å². The number of hydrogen-bond donors (Lipinski definition) is 0. The van der Waals surface area contributed by atoms with Gasteiger partial charge in [-0.3, -0.25) is 4.79 Å². The molecule has 33 heavy (non-hydrogen) atoms. The van der Waals surface area contributed by atoms with Gasteiger partial charge in [-0.05, 0) is 48.0 Å². The largest absolute Gasteiger partial charge is 0.878 e. The van der Waals surface area contributed by atoms with Gasteiger partial charge >= 0.3 is 0 Å². The van der Waals surface area contributed by atoms with Crippen LogP contribution in [0.4, 0.5) is 0 Å². The van der Waals surface area contributed by atoms with Crippen LogP contribution in [-0.4, -0.2) is 6.29 Å². The Kier molecular flexibility index (Phi) is 9.39. The van der Waals surface area contributed by atoms with Crippen molar-refractivity contribution in [1.29, 1.82) is 0 Å². The summed E-state index contributed by atoms with van der Waals surface area (Å²) in [5.41, 5.74) is 1.39. The fourth-order valence-corrected chi connectivity index (χ4v) is 8.02. The predicted molar refractivity (Wildman–Crippen MR) is 140 cm³/mol. The van der Waals surface area contributed by atoms with Crippen molar-refractivity contribution in [2.45, 2.75) is 6.16 Å². The summed E-state index contributed by atoms with van der Waals surface area (Å²) in [4.78, 5) is 9.46. The molecule has 4 aromatic carbocycles. The Bertz CT molecular complexity index is 1040. The average Bonchev–Trinajstić information content (AvgIpc) is 2.90. The Morgan fingerprint density at radius 1 is 0.545 bits per heavy atom. The number of hydrogen-bond acceptors (Lipinski definition) is 2. The van der Waals surface area contributed by atoms with E-state index in [0.717, 1.165) is 6.16 Å². The molecule has 0 aliphatic carbocycles. The van der Waals surface area contributed by atoms with Crippen LogP contribution in [0.3, 0.4) is 0 Å². The summed E-state index contributed by atoms with van der Waals surface area (Å²) in [6.45, 7) is 0. The van der Waals surface area contributed by atoms with E-state index >= 15 is 0 Å². The molecule has 0 amide bonds. The predicted octanol–water partition coefficient (Wildman–Crippen LogP) is 4.80. The van der Waals surface area contributed by atoms with Crippen LogP contribution in [0.5, 0.6) is 0 Å². The Morgan fingerprint density at radius 3 is 1.30 bits per heavy atom. The van der Waals surface area contributed by atoms with Crippen LogP contribution in [0.25, 0.3) is 0 Å². The highest BCUT2D eigenvalue weighted by Crippen LogP contribution is 2.58. The van der Waals surface area contributed by atoms with Crippen molar-refractivity contribution >= 4 is 29.5 Å². The molecule has 4 aromatic rings. The molecule has 164 valence electrons. The minimum atomic E-state index is -1.78. The Labute approximate surface area is 196 Å². The lowest BCUT2D eigenvalue weighted by molar-refractivity contribution is -0.274. The second-order valence-electron chi connectivity index (χ2n) is 7.31. The van der Waals surface area contributed by atoms with Gasteiger partial charge in [0.05, 0.1) is 6.16 Å². The average molecular weight is 451 g/mol. The van der Waals surface area contributed by atoms with Gasteiger partial charge in [-0.1, -0.05) is 97.1 Å². The van der Waals surface area contributed by atoms with E-state index in [0.29, 0.717) is 12.5 Å². The molecule has 0 fully saturated rings. The molecule has 0 N–H and O–H groups in total. The van der Waals surface area contributed by atoms with Crippen LogP contribution in [0.2, 0.25) is 0 Å². The molecule has 0 saturated carbocycles. The molecule has 0 aliphatic rings. The molecule has 0 aliphatic heterocycles. The minimum Gasteiger partial charge on any atom is -0.878 e. The summed E-state index contributed by atoms with van der Waals surface area (Å²) < 4.78 is 0. The fraction of sp³-hybridized carbons (Fsp3) is 0.0333. The molecule has 0 radical (unpaired) electrons. The lowest BCUT2D eigenvalue weighted by atomic mass is 10.2. The minimum absolute atomic E-state index is 0.611. The Balaban J connectivity index is 0.000000383. The van der Waals surface area contributed by atoms with Crippen molar-refractivity contribution in [3.63, 3.8) is 0 Å². The fourth-order valence-electron chi connectivity index (χ4n) is 3.78. The molecule has 0 spiro atoms. The summed E-state index contributed by atoms with van der Waals surface area (Å²) in [6, 6.07) is 44.0. The number of allylic oxidation sites excluding steroid dienone is 3. The van der Waals surface area contributed by atoms with Crippen molar-refractivity contribution in [3.05, 3.63) is 151 Å². The van der Waals surface area contributed by atoms with E-state index in [-0.39, 0.29) is 0 Å². The first-order chi connectivity index (χ1) is 16.3. The van der Waals surface area contributed by atoms with Gasteiger partial charge in [-0.15, -0.1) is 6.26 Å². The van der Waals surface area contributed by atoms with Gasteiger partial charge in [0.15, 0.2) is 0 Å². The van der Waals surface area contributed by atoms with Crippen LogP contribution in [-0.2, 0) is 11.0 Å². The monoisotopic (exact) mass is 450 g/mol. The van der Waals surface area contributed by atoms with Crippen molar-refractivity contribution in [3.8, 4) is 0 Å². The maximum absolute atomic E-state index is 9.46. The number of aldehydes is 1. The molecule has 0 aromatic heterocycles. The zero-order valence-electron chi connectivity index (χ0n) is 18.4.